The fourth-order valence-electron chi connectivity index (χ4n) is 1.34. The summed E-state index contributed by atoms with van der Waals surface area (Å²) >= 11 is 1.24. The molecule has 0 aliphatic rings. The molecule has 4 heteroatoms. The lowest BCUT2D eigenvalue weighted by Crippen LogP contribution is -1.85. The highest BCUT2D eigenvalue weighted by atomic mass is 32.1. The Labute approximate surface area is 90.5 Å². The predicted octanol–water partition coefficient (Wildman–Crippen LogP) is 3.07. The van der Waals surface area contributed by atoms with E-state index in [4.69, 9.17) is 0 Å². The average Bonchev–Trinajstić information content (AvgIpc) is 2.70. The second kappa shape index (κ2) is 3.90. The van der Waals surface area contributed by atoms with E-state index in [2.05, 4.69) is 4.37 Å². The minimum absolute atomic E-state index is 0.240. The number of carbonyl (C=O) groups is 1. The number of nitrogens with zero attached hydrogens (tertiary/aromatic N) is 1. The van der Waals surface area contributed by atoms with Gasteiger partial charge in [-0.15, -0.1) is 0 Å². The third-order valence-electron chi connectivity index (χ3n) is 2.15. The van der Waals surface area contributed by atoms with Crippen molar-refractivity contribution in [2.45, 2.75) is 6.92 Å². The van der Waals surface area contributed by atoms with Gasteiger partial charge in [0, 0.05) is 0 Å². The number of aldehydes is 1. The molecule has 0 aliphatic heterocycles. The van der Waals surface area contributed by atoms with Gasteiger partial charge in [0.15, 0.2) is 6.29 Å². The van der Waals surface area contributed by atoms with Crippen LogP contribution in [0.1, 0.15) is 15.9 Å². The van der Waals surface area contributed by atoms with Crippen LogP contribution >= 0.6 is 11.5 Å². The maximum Gasteiger partial charge on any atom is 0.153 e. The van der Waals surface area contributed by atoms with Gasteiger partial charge in [-0.25, -0.2) is 4.39 Å². The zero-order chi connectivity index (χ0) is 10.8. The Morgan fingerprint density at radius 3 is 2.93 bits per heavy atom. The van der Waals surface area contributed by atoms with Gasteiger partial charge in [0.05, 0.1) is 16.6 Å². The lowest BCUT2D eigenvalue weighted by atomic mass is 10.1. The number of hydrogen-bond acceptors (Lipinski definition) is 3. The van der Waals surface area contributed by atoms with Gasteiger partial charge in [-0.1, -0.05) is 6.07 Å². The molecule has 0 saturated heterocycles. The fourth-order valence-corrected chi connectivity index (χ4v) is 2.05. The Bertz CT molecular complexity index is 507. The zero-order valence-electron chi connectivity index (χ0n) is 8.03. The molecule has 0 fully saturated rings. The first-order valence-electron chi connectivity index (χ1n) is 4.38. The standard InChI is InChI=1S/C11H8FNOS/c1-7-4-8(2-3-10(7)12)11-9(6-14)5-13-15-11/h2-6H,1H3. The van der Waals surface area contributed by atoms with Gasteiger partial charge in [-0.2, -0.15) is 4.37 Å². The maximum absolute atomic E-state index is 13.0. The molecule has 0 radical (unpaired) electrons. The molecule has 2 aromatic rings. The Morgan fingerprint density at radius 1 is 1.47 bits per heavy atom. The van der Waals surface area contributed by atoms with Crippen LogP contribution in [-0.4, -0.2) is 10.7 Å². The van der Waals surface area contributed by atoms with Gasteiger partial charge in [-0.05, 0) is 41.7 Å². The number of rotatable bonds is 2. The first kappa shape index (κ1) is 9.98. The summed E-state index contributed by atoms with van der Waals surface area (Å²) in [5, 5.41) is 0. The second-order valence-electron chi connectivity index (χ2n) is 3.19. The molecule has 2 nitrogen and oxygen atoms in total. The predicted molar refractivity (Wildman–Crippen MR) is 57.6 cm³/mol. The molecular formula is C11H8FNOS. The van der Waals surface area contributed by atoms with Gasteiger partial charge in [0.1, 0.15) is 5.82 Å². The van der Waals surface area contributed by atoms with Crippen LogP contribution in [0.5, 0.6) is 0 Å². The van der Waals surface area contributed by atoms with E-state index in [1.807, 2.05) is 0 Å². The van der Waals surface area contributed by atoms with E-state index >= 15 is 0 Å². The van der Waals surface area contributed by atoms with Gasteiger partial charge in [0.25, 0.3) is 0 Å². The number of aryl methyl sites for hydroxylation is 1. The Hall–Kier alpha value is -1.55. The summed E-state index contributed by atoms with van der Waals surface area (Å²) in [6.07, 6.45) is 2.28. The van der Waals surface area contributed by atoms with Gasteiger partial charge < -0.3 is 0 Å². The summed E-state index contributed by atoms with van der Waals surface area (Å²) in [4.78, 5) is 11.5. The summed E-state index contributed by atoms with van der Waals surface area (Å²) in [5.41, 5.74) is 1.95. The van der Waals surface area contributed by atoms with E-state index in [1.165, 1.54) is 23.8 Å². The van der Waals surface area contributed by atoms with Crippen molar-refractivity contribution in [3.63, 3.8) is 0 Å². The quantitative estimate of drug-likeness (QED) is 0.729. The van der Waals surface area contributed by atoms with Crippen LogP contribution in [0.4, 0.5) is 4.39 Å². The fraction of sp³-hybridized carbons (Fsp3) is 0.0909. The Kier molecular flexibility index (Phi) is 2.60. The minimum Gasteiger partial charge on any atom is -0.298 e. The van der Waals surface area contributed by atoms with Crippen LogP contribution in [0, 0.1) is 12.7 Å². The van der Waals surface area contributed by atoms with Crippen molar-refractivity contribution in [3.8, 4) is 10.4 Å². The number of halogens is 1. The molecule has 15 heavy (non-hydrogen) atoms. The molecule has 0 atom stereocenters. The smallest absolute Gasteiger partial charge is 0.153 e. The van der Waals surface area contributed by atoms with Crippen LogP contribution in [-0.2, 0) is 0 Å². The van der Waals surface area contributed by atoms with Crippen LogP contribution in [0.25, 0.3) is 10.4 Å². The molecule has 1 aromatic carbocycles. The topological polar surface area (TPSA) is 30.0 Å². The highest BCUT2D eigenvalue weighted by Crippen LogP contribution is 2.27. The summed E-state index contributed by atoms with van der Waals surface area (Å²) in [7, 11) is 0. The van der Waals surface area contributed by atoms with Crippen molar-refractivity contribution in [2.24, 2.45) is 0 Å². The third-order valence-corrected chi connectivity index (χ3v) is 3.01. The van der Waals surface area contributed by atoms with Gasteiger partial charge in [0.2, 0.25) is 0 Å². The Balaban J connectivity index is 2.54. The number of hydrogen-bond donors (Lipinski definition) is 0. The molecule has 1 heterocycles. The minimum atomic E-state index is -0.240. The van der Waals surface area contributed by atoms with Crippen LogP contribution < -0.4 is 0 Å². The van der Waals surface area contributed by atoms with Gasteiger partial charge in [-0.3, -0.25) is 4.79 Å². The van der Waals surface area contributed by atoms with Gasteiger partial charge >= 0.3 is 0 Å². The average molecular weight is 221 g/mol. The van der Waals surface area contributed by atoms with Crippen molar-refractivity contribution in [1.29, 1.82) is 0 Å². The number of carbonyl (C=O) groups excluding carboxylic acids is 1. The molecule has 0 saturated carbocycles. The maximum atomic E-state index is 13.0. The van der Waals surface area contributed by atoms with Crippen molar-refractivity contribution >= 4 is 17.8 Å². The highest BCUT2D eigenvalue weighted by molar-refractivity contribution is 7.10. The SMILES string of the molecule is Cc1cc(-c2sncc2C=O)ccc1F. The Morgan fingerprint density at radius 2 is 2.27 bits per heavy atom. The van der Waals surface area contributed by atoms with E-state index in [0.29, 0.717) is 11.1 Å². The molecule has 0 unspecified atom stereocenters. The van der Waals surface area contributed by atoms with Crippen molar-refractivity contribution in [3.05, 3.63) is 41.3 Å². The van der Waals surface area contributed by atoms with Crippen LogP contribution in [0.3, 0.4) is 0 Å². The molecule has 0 N–H and O–H groups in total. The van der Waals surface area contributed by atoms with E-state index in [9.17, 15) is 9.18 Å². The molecule has 0 bridgehead atoms. The molecule has 2 rings (SSSR count). The summed E-state index contributed by atoms with van der Waals surface area (Å²) < 4.78 is 17.0. The first-order chi connectivity index (χ1) is 7.22. The lowest BCUT2D eigenvalue weighted by molar-refractivity contribution is 0.112. The molecule has 0 amide bonds. The summed E-state index contributed by atoms with van der Waals surface area (Å²) in [6.45, 7) is 1.69. The summed E-state index contributed by atoms with van der Waals surface area (Å²) in [6, 6.07) is 4.78. The van der Waals surface area contributed by atoms with Crippen molar-refractivity contribution < 1.29 is 9.18 Å². The largest absolute Gasteiger partial charge is 0.298 e. The van der Waals surface area contributed by atoms with Crippen LogP contribution in [0.15, 0.2) is 24.4 Å². The second-order valence-corrected chi connectivity index (χ2v) is 3.99. The molecule has 0 spiro atoms. The van der Waals surface area contributed by atoms with Crippen molar-refractivity contribution in [2.75, 3.05) is 0 Å². The van der Waals surface area contributed by atoms with E-state index in [1.54, 1.807) is 19.1 Å². The lowest BCUT2D eigenvalue weighted by Gasteiger charge is -2.01. The normalized spacial score (nSPS) is 10.3. The zero-order valence-corrected chi connectivity index (χ0v) is 8.84. The summed E-state index contributed by atoms with van der Waals surface area (Å²) in [5.74, 6) is -0.240. The highest BCUT2D eigenvalue weighted by Gasteiger charge is 2.08. The number of aromatic nitrogens is 1. The monoisotopic (exact) mass is 221 g/mol. The van der Waals surface area contributed by atoms with Crippen LogP contribution in [0.2, 0.25) is 0 Å². The third kappa shape index (κ3) is 1.80. The molecule has 1 aromatic heterocycles. The number of benzene rings is 1. The van der Waals surface area contributed by atoms with E-state index < -0.39 is 0 Å². The molecule has 76 valence electrons. The first-order valence-corrected chi connectivity index (χ1v) is 5.16. The van der Waals surface area contributed by atoms with Crippen molar-refractivity contribution in [1.82, 2.24) is 4.37 Å². The molecule has 0 aliphatic carbocycles. The molecular weight excluding hydrogens is 213 g/mol. The van der Waals surface area contributed by atoms with E-state index in [0.717, 1.165) is 16.7 Å². The van der Waals surface area contributed by atoms with E-state index in [-0.39, 0.29) is 5.82 Å².